The lowest BCUT2D eigenvalue weighted by Crippen LogP contribution is -1.64. The number of halogens is 1. The monoisotopic (exact) mass is 185 g/mol. The molecule has 1 aromatic carbocycles. The highest BCUT2D eigenvalue weighted by Crippen LogP contribution is 2.27. The Bertz CT molecular complexity index is 398. The van der Waals surface area contributed by atoms with Crippen LogP contribution in [0.5, 0.6) is 0 Å². The van der Waals surface area contributed by atoms with Crippen LogP contribution in [0.25, 0.3) is 10.1 Å². The van der Waals surface area contributed by atoms with Crippen LogP contribution in [0, 0.1) is 0 Å². The van der Waals surface area contributed by atoms with Gasteiger partial charge in [0.05, 0.1) is 22.5 Å². The van der Waals surface area contributed by atoms with Crippen molar-refractivity contribution in [2.24, 2.45) is 0 Å². The Morgan fingerprint density at radius 1 is 1.45 bits per heavy atom. The average molecular weight is 186 g/mol. The molecule has 2 aromatic rings. The standard InChI is InChI=1S/C7H4ClNOS/c8-6-2-1-5-4-9-11(10)7(5)3-6/h1-4H. The van der Waals surface area contributed by atoms with Crippen molar-refractivity contribution in [3.05, 3.63) is 29.4 Å². The minimum absolute atomic E-state index is 0.600. The van der Waals surface area contributed by atoms with Crippen LogP contribution in [-0.4, -0.2) is 8.93 Å². The molecule has 0 bridgehead atoms. The molecule has 0 saturated heterocycles. The van der Waals surface area contributed by atoms with E-state index in [9.17, 15) is 4.55 Å². The fourth-order valence-electron chi connectivity index (χ4n) is 0.928. The summed E-state index contributed by atoms with van der Waals surface area (Å²) in [7, 11) is -1.22. The number of hydrogen-bond donors (Lipinski definition) is 0. The summed E-state index contributed by atoms with van der Waals surface area (Å²) in [5.41, 5.74) is 0. The Hall–Kier alpha value is -0.640. The SMILES string of the molecule is [O-][s+]1ncc2ccc(Cl)cc21. The molecule has 0 spiro atoms. The first-order valence-electron chi connectivity index (χ1n) is 3.03. The summed E-state index contributed by atoms with van der Waals surface area (Å²) in [4.78, 5) is 0. The first-order valence-corrected chi connectivity index (χ1v) is 4.51. The summed E-state index contributed by atoms with van der Waals surface area (Å²) in [6.07, 6.45) is 1.60. The van der Waals surface area contributed by atoms with Gasteiger partial charge in [-0.15, -0.1) is 0 Å². The summed E-state index contributed by atoms with van der Waals surface area (Å²) in [6, 6.07) is 5.25. The van der Waals surface area contributed by atoms with Crippen molar-refractivity contribution in [3.8, 4) is 0 Å². The van der Waals surface area contributed by atoms with Gasteiger partial charge in [-0.3, -0.25) is 0 Å². The molecule has 0 amide bonds. The van der Waals surface area contributed by atoms with Crippen LogP contribution in [0.3, 0.4) is 0 Å². The van der Waals surface area contributed by atoms with E-state index in [1.165, 1.54) is 0 Å². The van der Waals surface area contributed by atoms with Crippen molar-refractivity contribution in [1.82, 2.24) is 4.37 Å². The minimum Gasteiger partial charge on any atom is -0.568 e. The van der Waals surface area contributed by atoms with Crippen molar-refractivity contribution >= 4 is 32.6 Å². The predicted octanol–water partition coefficient (Wildman–Crippen LogP) is 2.62. The second kappa shape index (κ2) is 2.44. The van der Waals surface area contributed by atoms with E-state index in [0.29, 0.717) is 9.72 Å². The van der Waals surface area contributed by atoms with E-state index in [2.05, 4.69) is 4.37 Å². The molecular formula is C7H4ClNOS. The topological polar surface area (TPSA) is 36.0 Å². The predicted molar refractivity (Wildman–Crippen MR) is 45.4 cm³/mol. The molecule has 0 aliphatic heterocycles. The Balaban J connectivity index is 2.87. The van der Waals surface area contributed by atoms with Gasteiger partial charge in [-0.25, -0.2) is 0 Å². The lowest BCUT2D eigenvalue weighted by atomic mass is 10.3. The summed E-state index contributed by atoms with van der Waals surface area (Å²) >= 11 is 5.70. The quantitative estimate of drug-likeness (QED) is 0.592. The lowest BCUT2D eigenvalue weighted by Gasteiger charge is -1.87. The number of aromatic nitrogens is 1. The van der Waals surface area contributed by atoms with Gasteiger partial charge in [-0.05, 0) is 16.5 Å². The Morgan fingerprint density at radius 3 is 3.09 bits per heavy atom. The van der Waals surface area contributed by atoms with Gasteiger partial charge in [0.1, 0.15) is 0 Å². The van der Waals surface area contributed by atoms with Crippen molar-refractivity contribution in [3.63, 3.8) is 0 Å². The van der Waals surface area contributed by atoms with E-state index in [4.69, 9.17) is 11.6 Å². The van der Waals surface area contributed by atoms with Crippen LogP contribution in [0.4, 0.5) is 0 Å². The molecule has 11 heavy (non-hydrogen) atoms. The zero-order valence-electron chi connectivity index (χ0n) is 5.45. The number of rotatable bonds is 0. The summed E-state index contributed by atoms with van der Waals surface area (Å²) < 4.78 is 15.5. The summed E-state index contributed by atoms with van der Waals surface area (Å²) in [6.45, 7) is 0. The maximum atomic E-state index is 11.1. The molecule has 1 heterocycles. The van der Waals surface area contributed by atoms with Crippen LogP contribution in [0.1, 0.15) is 0 Å². The highest BCUT2D eigenvalue weighted by molar-refractivity contribution is 7.26. The number of fused-ring (bicyclic) bond motifs is 1. The molecule has 1 unspecified atom stereocenters. The Kier molecular flexibility index (Phi) is 1.56. The van der Waals surface area contributed by atoms with Crippen LogP contribution in [0.15, 0.2) is 24.4 Å². The van der Waals surface area contributed by atoms with E-state index < -0.39 is 10.9 Å². The van der Waals surface area contributed by atoms with Crippen LogP contribution < -0.4 is 0 Å². The third-order valence-corrected chi connectivity index (χ3v) is 2.71. The van der Waals surface area contributed by atoms with E-state index in [1.54, 1.807) is 18.3 Å². The molecule has 2 nitrogen and oxygen atoms in total. The van der Waals surface area contributed by atoms with Crippen molar-refractivity contribution in [2.75, 3.05) is 0 Å². The fourth-order valence-corrected chi connectivity index (χ4v) is 2.04. The van der Waals surface area contributed by atoms with Crippen LogP contribution >= 0.6 is 22.5 Å². The van der Waals surface area contributed by atoms with Gasteiger partial charge in [0.15, 0.2) is 0 Å². The zero-order valence-corrected chi connectivity index (χ0v) is 7.02. The number of hydrogen-bond acceptors (Lipinski definition) is 2. The highest BCUT2D eigenvalue weighted by Gasteiger charge is 2.05. The maximum absolute atomic E-state index is 11.1. The lowest BCUT2D eigenvalue weighted by molar-refractivity contribution is 0.593. The molecular weight excluding hydrogens is 182 g/mol. The molecule has 56 valence electrons. The first-order chi connectivity index (χ1) is 5.27. The summed E-state index contributed by atoms with van der Waals surface area (Å²) in [5.74, 6) is 0. The Morgan fingerprint density at radius 2 is 2.27 bits per heavy atom. The minimum atomic E-state index is -1.22. The average Bonchev–Trinajstić information content (AvgIpc) is 2.33. The number of benzene rings is 1. The normalized spacial score (nSPS) is 12.4. The van der Waals surface area contributed by atoms with Gasteiger partial charge in [-0.1, -0.05) is 11.6 Å². The molecule has 2 rings (SSSR count). The molecule has 1 aromatic heterocycles. The van der Waals surface area contributed by atoms with Gasteiger partial charge in [0.25, 0.3) is 0 Å². The smallest absolute Gasteiger partial charge is 0.207 e. The third kappa shape index (κ3) is 1.11. The highest BCUT2D eigenvalue weighted by atomic mass is 35.5. The molecule has 0 fully saturated rings. The van der Waals surface area contributed by atoms with Gasteiger partial charge < -0.3 is 4.55 Å². The zero-order chi connectivity index (χ0) is 7.84. The third-order valence-electron chi connectivity index (χ3n) is 1.45. The molecule has 4 heteroatoms. The molecule has 0 N–H and O–H groups in total. The van der Waals surface area contributed by atoms with E-state index in [0.717, 1.165) is 5.39 Å². The van der Waals surface area contributed by atoms with Gasteiger partial charge in [0, 0.05) is 11.1 Å². The maximum Gasteiger partial charge on any atom is 0.207 e. The molecule has 0 saturated carbocycles. The Labute approximate surface area is 71.4 Å². The van der Waals surface area contributed by atoms with Crippen molar-refractivity contribution < 1.29 is 4.55 Å². The van der Waals surface area contributed by atoms with Crippen LogP contribution in [-0.2, 0) is 0 Å². The molecule has 0 radical (unpaired) electrons. The molecule has 1 atom stereocenters. The van der Waals surface area contributed by atoms with E-state index in [-0.39, 0.29) is 0 Å². The van der Waals surface area contributed by atoms with Gasteiger partial charge >= 0.3 is 0 Å². The first kappa shape index (κ1) is 7.03. The second-order valence-corrected chi connectivity index (χ2v) is 3.75. The largest absolute Gasteiger partial charge is 0.568 e. The fraction of sp³-hybridized carbons (Fsp3) is 0. The van der Waals surface area contributed by atoms with E-state index in [1.807, 2.05) is 6.07 Å². The van der Waals surface area contributed by atoms with E-state index >= 15 is 0 Å². The second-order valence-electron chi connectivity index (χ2n) is 2.17. The number of nitrogens with zero attached hydrogens (tertiary/aromatic N) is 1. The summed E-state index contributed by atoms with van der Waals surface area (Å²) in [5, 5.41) is 1.50. The van der Waals surface area contributed by atoms with Gasteiger partial charge in [-0.2, -0.15) is 0 Å². The molecule has 0 aliphatic rings. The molecule has 0 aliphatic carbocycles. The van der Waals surface area contributed by atoms with Gasteiger partial charge in [0.2, 0.25) is 4.70 Å². The van der Waals surface area contributed by atoms with Crippen LogP contribution in [0.2, 0.25) is 5.02 Å². The van der Waals surface area contributed by atoms with Crippen molar-refractivity contribution in [1.29, 1.82) is 0 Å². The van der Waals surface area contributed by atoms with Crippen molar-refractivity contribution in [2.45, 2.75) is 0 Å².